The van der Waals surface area contributed by atoms with Gasteiger partial charge >= 0.3 is 6.11 Å². The standard InChI is InChI=1S/C22H34F2O4/c1-2-3-4-5-6-7-8-9-10-11-12-13-18-27-19-14-16-20(17-15-19)28-22(23,24)21(25)26/h14-17H,2-13,18H2,1H3,(H,25,26)/p-1. The van der Waals surface area contributed by atoms with E-state index in [0.29, 0.717) is 12.4 Å². The molecule has 0 radical (unpaired) electrons. The molecule has 160 valence electrons. The number of hydrogen-bond acceptors (Lipinski definition) is 4. The van der Waals surface area contributed by atoms with E-state index >= 15 is 0 Å². The summed E-state index contributed by atoms with van der Waals surface area (Å²) in [5.41, 5.74) is 0. The van der Waals surface area contributed by atoms with Crippen molar-refractivity contribution < 1.29 is 28.2 Å². The fourth-order valence-electron chi connectivity index (χ4n) is 2.93. The minimum absolute atomic E-state index is 0.257. The molecular weight excluding hydrogens is 366 g/mol. The van der Waals surface area contributed by atoms with E-state index in [1.54, 1.807) is 0 Å². The molecular formula is C22H33F2O4-. The van der Waals surface area contributed by atoms with Crippen LogP contribution in [0.15, 0.2) is 24.3 Å². The molecule has 4 nitrogen and oxygen atoms in total. The molecule has 0 saturated carbocycles. The molecule has 0 bridgehead atoms. The van der Waals surface area contributed by atoms with Crippen molar-refractivity contribution in [3.8, 4) is 11.5 Å². The van der Waals surface area contributed by atoms with E-state index in [9.17, 15) is 18.7 Å². The number of carbonyl (C=O) groups is 1. The maximum atomic E-state index is 12.9. The number of rotatable bonds is 17. The zero-order valence-electron chi connectivity index (χ0n) is 16.9. The maximum absolute atomic E-state index is 12.9. The lowest BCUT2D eigenvalue weighted by Crippen LogP contribution is -2.45. The molecule has 1 rings (SSSR count). The Labute approximate surface area is 167 Å². The van der Waals surface area contributed by atoms with Gasteiger partial charge in [-0.1, -0.05) is 77.6 Å². The van der Waals surface area contributed by atoms with Crippen molar-refractivity contribution in [3.05, 3.63) is 24.3 Å². The van der Waals surface area contributed by atoms with Gasteiger partial charge in [-0.05, 0) is 30.7 Å². The molecule has 0 atom stereocenters. The fraction of sp³-hybridized carbons (Fsp3) is 0.682. The second-order valence-electron chi connectivity index (χ2n) is 7.12. The van der Waals surface area contributed by atoms with Crippen LogP contribution in [0.25, 0.3) is 0 Å². The van der Waals surface area contributed by atoms with Gasteiger partial charge in [-0.15, -0.1) is 0 Å². The lowest BCUT2D eigenvalue weighted by Gasteiger charge is -2.18. The largest absolute Gasteiger partial charge is 0.541 e. The molecule has 28 heavy (non-hydrogen) atoms. The molecule has 6 heteroatoms. The highest BCUT2D eigenvalue weighted by Gasteiger charge is 2.33. The summed E-state index contributed by atoms with van der Waals surface area (Å²) in [6, 6.07) is 5.44. The number of aliphatic carboxylic acids is 1. The molecule has 0 aliphatic carbocycles. The van der Waals surface area contributed by atoms with Gasteiger partial charge in [0.2, 0.25) is 0 Å². The average molecular weight is 399 g/mol. The predicted octanol–water partition coefficient (Wildman–Crippen LogP) is 5.49. The van der Waals surface area contributed by atoms with Gasteiger partial charge in [-0.25, -0.2) is 0 Å². The minimum Gasteiger partial charge on any atom is -0.541 e. The van der Waals surface area contributed by atoms with Gasteiger partial charge in [0.1, 0.15) is 11.5 Å². The van der Waals surface area contributed by atoms with Gasteiger partial charge in [0.05, 0.1) is 6.61 Å². The number of carboxylic acid groups (broad SMARTS) is 1. The Morgan fingerprint density at radius 1 is 0.821 bits per heavy atom. The fourth-order valence-corrected chi connectivity index (χ4v) is 2.93. The van der Waals surface area contributed by atoms with Crippen molar-refractivity contribution in [1.29, 1.82) is 0 Å². The number of alkyl halides is 2. The number of carboxylic acids is 1. The van der Waals surface area contributed by atoms with Gasteiger partial charge in [0.25, 0.3) is 0 Å². The van der Waals surface area contributed by atoms with Crippen LogP contribution in [-0.4, -0.2) is 18.7 Å². The summed E-state index contributed by atoms with van der Waals surface area (Å²) in [4.78, 5) is 10.2. The van der Waals surface area contributed by atoms with E-state index in [-0.39, 0.29) is 5.75 Å². The van der Waals surface area contributed by atoms with Gasteiger partial charge in [-0.3, -0.25) is 0 Å². The Bertz CT molecular complexity index is 532. The molecule has 1 aromatic rings. The highest BCUT2D eigenvalue weighted by molar-refractivity contribution is 5.71. The van der Waals surface area contributed by atoms with Crippen LogP contribution >= 0.6 is 0 Å². The van der Waals surface area contributed by atoms with E-state index in [1.807, 2.05) is 0 Å². The van der Waals surface area contributed by atoms with Crippen LogP contribution in [0.3, 0.4) is 0 Å². The Morgan fingerprint density at radius 2 is 1.25 bits per heavy atom. The Balaban J connectivity index is 2.01. The molecule has 0 aliphatic rings. The SMILES string of the molecule is CCCCCCCCCCCCCCOc1ccc(OC(F)(F)C(=O)[O-])cc1. The van der Waals surface area contributed by atoms with Crippen LogP contribution < -0.4 is 14.6 Å². The summed E-state index contributed by atoms with van der Waals surface area (Å²) in [5.74, 6) is -2.29. The molecule has 1 aromatic carbocycles. The first-order valence-corrected chi connectivity index (χ1v) is 10.5. The smallest absolute Gasteiger partial charge is 0.441 e. The van der Waals surface area contributed by atoms with Crippen molar-refractivity contribution in [2.75, 3.05) is 6.61 Å². The Morgan fingerprint density at radius 3 is 1.71 bits per heavy atom. The predicted molar refractivity (Wildman–Crippen MR) is 104 cm³/mol. The van der Waals surface area contributed by atoms with Crippen molar-refractivity contribution in [3.63, 3.8) is 0 Å². The molecule has 0 aliphatic heterocycles. The van der Waals surface area contributed by atoms with Crippen LogP contribution in [0.2, 0.25) is 0 Å². The van der Waals surface area contributed by atoms with E-state index in [2.05, 4.69) is 11.7 Å². The number of hydrogen-bond donors (Lipinski definition) is 0. The molecule has 0 unspecified atom stereocenters. The normalized spacial score (nSPS) is 11.4. The molecule has 0 aromatic heterocycles. The van der Waals surface area contributed by atoms with Crippen molar-refractivity contribution in [1.82, 2.24) is 0 Å². The van der Waals surface area contributed by atoms with Crippen LogP contribution in [-0.2, 0) is 4.79 Å². The quantitative estimate of drug-likeness (QED) is 0.325. The van der Waals surface area contributed by atoms with E-state index in [1.165, 1.54) is 88.5 Å². The zero-order valence-corrected chi connectivity index (χ0v) is 16.9. The second kappa shape index (κ2) is 14.2. The van der Waals surface area contributed by atoms with Gasteiger partial charge in [0, 0.05) is 0 Å². The summed E-state index contributed by atoms with van der Waals surface area (Å²) < 4.78 is 35.4. The van der Waals surface area contributed by atoms with Crippen LogP contribution in [0.5, 0.6) is 11.5 Å². The van der Waals surface area contributed by atoms with Gasteiger partial charge in [-0.2, -0.15) is 8.78 Å². The first-order chi connectivity index (χ1) is 13.5. The molecule has 0 spiro atoms. The third-order valence-electron chi connectivity index (χ3n) is 4.57. The highest BCUT2D eigenvalue weighted by atomic mass is 19.3. The van der Waals surface area contributed by atoms with E-state index < -0.39 is 12.1 Å². The third-order valence-corrected chi connectivity index (χ3v) is 4.57. The second-order valence-corrected chi connectivity index (χ2v) is 7.12. The Hall–Kier alpha value is -1.85. The molecule has 0 saturated heterocycles. The van der Waals surface area contributed by atoms with Crippen molar-refractivity contribution in [2.24, 2.45) is 0 Å². The topological polar surface area (TPSA) is 58.6 Å². The number of ether oxygens (including phenoxy) is 2. The molecule has 0 heterocycles. The van der Waals surface area contributed by atoms with Crippen molar-refractivity contribution >= 4 is 5.97 Å². The highest BCUT2D eigenvalue weighted by Crippen LogP contribution is 2.24. The van der Waals surface area contributed by atoms with Gasteiger partial charge in [0.15, 0.2) is 5.97 Å². The molecule has 0 fully saturated rings. The Kier molecular flexibility index (Phi) is 12.3. The summed E-state index contributed by atoms with van der Waals surface area (Å²) >= 11 is 0. The monoisotopic (exact) mass is 399 g/mol. The lowest BCUT2D eigenvalue weighted by molar-refractivity contribution is -0.350. The first kappa shape index (κ1) is 24.2. The van der Waals surface area contributed by atoms with E-state index in [4.69, 9.17) is 4.74 Å². The number of benzene rings is 1. The summed E-state index contributed by atoms with van der Waals surface area (Å²) in [7, 11) is 0. The molecule has 0 amide bonds. The maximum Gasteiger partial charge on any atom is 0.441 e. The summed E-state index contributed by atoms with van der Waals surface area (Å²) in [5, 5.41) is 10.2. The van der Waals surface area contributed by atoms with Gasteiger partial charge < -0.3 is 19.4 Å². The third kappa shape index (κ3) is 11.1. The summed E-state index contributed by atoms with van der Waals surface area (Å²) in [6.45, 7) is 2.80. The van der Waals surface area contributed by atoms with Crippen LogP contribution in [0.1, 0.15) is 84.0 Å². The van der Waals surface area contributed by atoms with Crippen LogP contribution in [0, 0.1) is 0 Å². The van der Waals surface area contributed by atoms with Crippen LogP contribution in [0.4, 0.5) is 8.78 Å². The number of halogens is 2. The summed E-state index contributed by atoms with van der Waals surface area (Å²) in [6.07, 6.45) is 10.9. The van der Waals surface area contributed by atoms with Crippen molar-refractivity contribution in [2.45, 2.75) is 90.1 Å². The van der Waals surface area contributed by atoms with E-state index in [0.717, 1.165) is 12.8 Å². The lowest BCUT2D eigenvalue weighted by atomic mass is 10.1. The zero-order chi connectivity index (χ0) is 20.7. The molecule has 0 N–H and O–H groups in total. The number of unbranched alkanes of at least 4 members (excludes halogenated alkanes) is 11. The first-order valence-electron chi connectivity index (χ1n) is 10.5. The number of carbonyl (C=O) groups excluding carboxylic acids is 1. The minimum atomic E-state index is -4.35. The average Bonchev–Trinajstić information content (AvgIpc) is 2.66.